The number of halogens is 1. The zero-order valence-electron chi connectivity index (χ0n) is 9.35. The van der Waals surface area contributed by atoms with Gasteiger partial charge in [-0.25, -0.2) is 4.39 Å². The molecule has 18 heavy (non-hydrogen) atoms. The summed E-state index contributed by atoms with van der Waals surface area (Å²) in [5.74, 6) is -0.917. The maximum Gasteiger partial charge on any atom is 0.257 e. The number of benzene rings is 2. The van der Waals surface area contributed by atoms with Crippen LogP contribution in [0.15, 0.2) is 42.5 Å². The minimum atomic E-state index is -0.499. The van der Waals surface area contributed by atoms with Crippen molar-refractivity contribution in [3.63, 3.8) is 0 Å². The van der Waals surface area contributed by atoms with Crippen LogP contribution in [0.3, 0.4) is 0 Å². The van der Waals surface area contributed by atoms with Crippen molar-refractivity contribution in [2.45, 2.75) is 0 Å². The Hall–Kier alpha value is -2.56. The highest BCUT2D eigenvalue weighted by atomic mass is 19.1. The van der Waals surface area contributed by atoms with Crippen LogP contribution in [-0.2, 0) is 0 Å². The van der Waals surface area contributed by atoms with E-state index in [1.807, 2.05) is 0 Å². The second-order valence-corrected chi connectivity index (χ2v) is 3.74. The lowest BCUT2D eigenvalue weighted by Gasteiger charge is -2.07. The van der Waals surface area contributed by atoms with Crippen LogP contribution >= 0.6 is 0 Å². The molecule has 0 aromatic heterocycles. The summed E-state index contributed by atoms with van der Waals surface area (Å²) in [7, 11) is 0. The summed E-state index contributed by atoms with van der Waals surface area (Å²) >= 11 is 0. The van der Waals surface area contributed by atoms with Gasteiger partial charge in [0.1, 0.15) is 11.6 Å². The molecule has 0 spiro atoms. The highest BCUT2D eigenvalue weighted by Gasteiger charge is 2.10. The van der Waals surface area contributed by atoms with Crippen LogP contribution in [0.5, 0.6) is 5.75 Å². The average molecular weight is 246 g/mol. The normalized spacial score (nSPS) is 10.1. The van der Waals surface area contributed by atoms with Crippen molar-refractivity contribution >= 4 is 17.3 Å². The van der Waals surface area contributed by atoms with Gasteiger partial charge in [-0.2, -0.15) is 0 Å². The molecule has 0 unspecified atom stereocenters. The summed E-state index contributed by atoms with van der Waals surface area (Å²) in [6.45, 7) is 0. The van der Waals surface area contributed by atoms with Crippen LogP contribution in [0.4, 0.5) is 15.8 Å². The number of nitrogens with two attached hydrogens (primary N) is 1. The van der Waals surface area contributed by atoms with Gasteiger partial charge in [-0.15, -0.1) is 0 Å². The predicted molar refractivity (Wildman–Crippen MR) is 66.9 cm³/mol. The van der Waals surface area contributed by atoms with Gasteiger partial charge in [0.15, 0.2) is 0 Å². The summed E-state index contributed by atoms with van der Waals surface area (Å²) in [6.07, 6.45) is 0. The number of hydrogen-bond acceptors (Lipinski definition) is 3. The Morgan fingerprint density at radius 2 is 2.00 bits per heavy atom. The van der Waals surface area contributed by atoms with E-state index >= 15 is 0 Å². The molecule has 0 bridgehead atoms. The van der Waals surface area contributed by atoms with Crippen LogP contribution in [0.1, 0.15) is 10.4 Å². The van der Waals surface area contributed by atoms with Gasteiger partial charge in [-0.1, -0.05) is 6.07 Å². The summed E-state index contributed by atoms with van der Waals surface area (Å²) in [5, 5.41) is 11.8. The van der Waals surface area contributed by atoms with E-state index in [0.29, 0.717) is 5.69 Å². The molecule has 0 fully saturated rings. The third-order valence-corrected chi connectivity index (χ3v) is 2.36. The fourth-order valence-electron chi connectivity index (χ4n) is 1.52. The number of phenols is 1. The van der Waals surface area contributed by atoms with E-state index in [2.05, 4.69) is 5.32 Å². The van der Waals surface area contributed by atoms with Gasteiger partial charge < -0.3 is 16.2 Å². The number of carbonyl (C=O) groups excluding carboxylic acids is 1. The zero-order valence-corrected chi connectivity index (χ0v) is 9.35. The van der Waals surface area contributed by atoms with Crippen molar-refractivity contribution in [2.24, 2.45) is 0 Å². The van der Waals surface area contributed by atoms with Gasteiger partial charge >= 0.3 is 0 Å². The van der Waals surface area contributed by atoms with Gasteiger partial charge in [0.05, 0.1) is 5.56 Å². The lowest BCUT2D eigenvalue weighted by Crippen LogP contribution is -2.14. The van der Waals surface area contributed by atoms with Crippen LogP contribution in [0, 0.1) is 5.82 Å². The first-order chi connectivity index (χ1) is 8.56. The molecule has 1 amide bonds. The van der Waals surface area contributed by atoms with Crippen molar-refractivity contribution in [3.05, 3.63) is 53.8 Å². The number of anilines is 2. The third-order valence-electron chi connectivity index (χ3n) is 2.36. The first-order valence-electron chi connectivity index (χ1n) is 5.21. The Morgan fingerprint density at radius 3 is 2.67 bits per heavy atom. The second kappa shape index (κ2) is 4.75. The Morgan fingerprint density at radius 1 is 1.22 bits per heavy atom. The lowest BCUT2D eigenvalue weighted by atomic mass is 10.1. The number of carbonyl (C=O) groups is 1. The SMILES string of the molecule is Nc1cc(F)ccc1C(=O)Nc1cccc(O)c1. The standard InChI is InChI=1S/C13H11FN2O2/c14-8-4-5-11(12(15)6-8)13(18)16-9-2-1-3-10(17)7-9/h1-7,17H,15H2,(H,16,18). The highest BCUT2D eigenvalue weighted by molar-refractivity contribution is 6.07. The Labute approximate surface area is 103 Å². The van der Waals surface area contributed by atoms with Gasteiger partial charge in [-0.05, 0) is 30.3 Å². The number of rotatable bonds is 2. The van der Waals surface area contributed by atoms with E-state index in [9.17, 15) is 14.3 Å². The minimum absolute atomic E-state index is 0.0416. The second-order valence-electron chi connectivity index (χ2n) is 3.74. The van der Waals surface area contributed by atoms with E-state index < -0.39 is 11.7 Å². The molecule has 0 saturated heterocycles. The number of nitrogen functional groups attached to an aromatic ring is 1. The topological polar surface area (TPSA) is 75.4 Å². The minimum Gasteiger partial charge on any atom is -0.508 e. The van der Waals surface area contributed by atoms with Crippen molar-refractivity contribution < 1.29 is 14.3 Å². The molecule has 0 aliphatic heterocycles. The molecule has 92 valence electrons. The van der Waals surface area contributed by atoms with Crippen LogP contribution in [0.25, 0.3) is 0 Å². The first kappa shape index (κ1) is 11.9. The molecular weight excluding hydrogens is 235 g/mol. The van der Waals surface area contributed by atoms with E-state index in [1.54, 1.807) is 12.1 Å². The molecular formula is C13H11FN2O2. The van der Waals surface area contributed by atoms with E-state index in [-0.39, 0.29) is 17.0 Å². The molecule has 0 heterocycles. The molecule has 0 radical (unpaired) electrons. The summed E-state index contributed by atoms with van der Waals surface area (Å²) in [6, 6.07) is 9.66. The fourth-order valence-corrected chi connectivity index (χ4v) is 1.52. The Kier molecular flexibility index (Phi) is 3.14. The van der Waals surface area contributed by atoms with Crippen LogP contribution in [-0.4, -0.2) is 11.0 Å². The van der Waals surface area contributed by atoms with Crippen molar-refractivity contribution in [2.75, 3.05) is 11.1 Å². The molecule has 0 atom stereocenters. The van der Waals surface area contributed by atoms with Crippen molar-refractivity contribution in [1.82, 2.24) is 0 Å². The smallest absolute Gasteiger partial charge is 0.257 e. The fraction of sp³-hybridized carbons (Fsp3) is 0. The molecule has 4 nitrogen and oxygen atoms in total. The van der Waals surface area contributed by atoms with Crippen LogP contribution in [0.2, 0.25) is 0 Å². The van der Waals surface area contributed by atoms with E-state index in [0.717, 1.165) is 12.1 Å². The monoisotopic (exact) mass is 246 g/mol. The largest absolute Gasteiger partial charge is 0.508 e. The molecule has 0 aliphatic rings. The summed E-state index contributed by atoms with van der Waals surface area (Å²) in [4.78, 5) is 11.9. The number of aromatic hydroxyl groups is 1. The third kappa shape index (κ3) is 2.57. The maximum atomic E-state index is 12.8. The lowest BCUT2D eigenvalue weighted by molar-refractivity contribution is 0.102. The van der Waals surface area contributed by atoms with Crippen molar-refractivity contribution in [1.29, 1.82) is 0 Å². The van der Waals surface area contributed by atoms with E-state index in [1.165, 1.54) is 18.2 Å². The summed E-state index contributed by atoms with van der Waals surface area (Å²) < 4.78 is 12.8. The average Bonchev–Trinajstić information content (AvgIpc) is 2.28. The first-order valence-corrected chi connectivity index (χ1v) is 5.21. The maximum absolute atomic E-state index is 12.8. The molecule has 2 rings (SSSR count). The van der Waals surface area contributed by atoms with Gasteiger partial charge in [-0.3, -0.25) is 4.79 Å². The number of hydrogen-bond donors (Lipinski definition) is 3. The molecule has 4 N–H and O–H groups in total. The zero-order chi connectivity index (χ0) is 13.1. The van der Waals surface area contributed by atoms with Crippen LogP contribution < -0.4 is 11.1 Å². The molecule has 2 aromatic rings. The quantitative estimate of drug-likeness (QED) is 0.712. The number of amides is 1. The summed E-state index contributed by atoms with van der Waals surface area (Å²) in [5.41, 5.74) is 6.23. The highest BCUT2D eigenvalue weighted by Crippen LogP contribution is 2.18. The number of nitrogens with one attached hydrogen (secondary N) is 1. The molecule has 2 aromatic carbocycles. The molecule has 0 aliphatic carbocycles. The van der Waals surface area contributed by atoms with Gasteiger partial charge in [0, 0.05) is 17.4 Å². The van der Waals surface area contributed by atoms with Crippen molar-refractivity contribution in [3.8, 4) is 5.75 Å². The Bertz CT molecular complexity index is 599. The number of phenolic OH excluding ortho intramolecular Hbond substituents is 1. The van der Waals surface area contributed by atoms with E-state index in [4.69, 9.17) is 5.73 Å². The predicted octanol–water partition coefficient (Wildman–Crippen LogP) is 2.37. The van der Waals surface area contributed by atoms with Gasteiger partial charge in [0.2, 0.25) is 0 Å². The Balaban J connectivity index is 2.22. The molecule has 5 heteroatoms. The molecule has 0 saturated carbocycles. The van der Waals surface area contributed by atoms with Gasteiger partial charge in [0.25, 0.3) is 5.91 Å².